The molecule has 0 aliphatic carbocycles. The van der Waals surface area contributed by atoms with Gasteiger partial charge in [0, 0.05) is 38.4 Å². The highest BCUT2D eigenvalue weighted by atomic mass is 16.3. The van der Waals surface area contributed by atoms with Gasteiger partial charge in [-0.25, -0.2) is 9.97 Å². The van der Waals surface area contributed by atoms with Crippen LogP contribution in [-0.2, 0) is 6.42 Å². The number of nitrogens with one attached hydrogen (secondary N) is 1. The van der Waals surface area contributed by atoms with Crippen molar-refractivity contribution in [3.8, 4) is 0 Å². The largest absolute Gasteiger partial charge is 0.396 e. The van der Waals surface area contributed by atoms with Crippen molar-refractivity contribution < 1.29 is 10.2 Å². The summed E-state index contributed by atoms with van der Waals surface area (Å²) in [5, 5.41) is 18.9. The van der Waals surface area contributed by atoms with Crippen LogP contribution in [0.15, 0.2) is 12.5 Å². The van der Waals surface area contributed by atoms with Crippen LogP contribution in [0.3, 0.4) is 0 Å². The zero-order valence-corrected chi connectivity index (χ0v) is 11.2. The van der Waals surface area contributed by atoms with Crippen LogP contribution >= 0.6 is 0 Å². The molecule has 108 valence electrons. The molecule has 0 radical (unpaired) electrons. The number of anilines is 1. The van der Waals surface area contributed by atoms with Crippen LogP contribution in [0.4, 0.5) is 5.82 Å². The smallest absolute Gasteiger partial charge is 0.151 e. The summed E-state index contributed by atoms with van der Waals surface area (Å²) >= 11 is 0. The summed E-state index contributed by atoms with van der Waals surface area (Å²) in [5.41, 5.74) is 8.51. The highest BCUT2D eigenvalue weighted by Crippen LogP contribution is 2.21. The van der Waals surface area contributed by atoms with Gasteiger partial charge in [0.1, 0.15) is 11.8 Å². The second-order valence-electron chi connectivity index (χ2n) is 5.32. The van der Waals surface area contributed by atoms with Crippen molar-refractivity contribution in [3.63, 3.8) is 0 Å². The molecule has 7 nitrogen and oxygen atoms in total. The third-order valence-corrected chi connectivity index (χ3v) is 3.99. The fourth-order valence-corrected chi connectivity index (χ4v) is 2.79. The van der Waals surface area contributed by atoms with Gasteiger partial charge in [-0.3, -0.25) is 4.90 Å². The molecule has 3 rings (SSSR count). The Balaban J connectivity index is 1.68. The number of rotatable bonds is 4. The number of fused-ring (bicyclic) bond motifs is 1. The third kappa shape index (κ3) is 2.35. The lowest BCUT2D eigenvalue weighted by molar-refractivity contribution is 0.103. The number of hydrogen-bond donors (Lipinski definition) is 4. The van der Waals surface area contributed by atoms with Crippen LogP contribution in [0.2, 0.25) is 0 Å². The molecule has 5 N–H and O–H groups in total. The fourth-order valence-electron chi connectivity index (χ4n) is 2.79. The monoisotopic (exact) mass is 277 g/mol. The zero-order chi connectivity index (χ0) is 14.1. The Hall–Kier alpha value is -1.70. The number of hydrogen-bond acceptors (Lipinski definition) is 6. The van der Waals surface area contributed by atoms with Crippen molar-refractivity contribution in [2.45, 2.75) is 12.5 Å². The lowest BCUT2D eigenvalue weighted by Gasteiger charge is -2.14. The average molecular weight is 277 g/mol. The quantitative estimate of drug-likeness (QED) is 0.592. The van der Waals surface area contributed by atoms with E-state index in [1.165, 1.54) is 6.33 Å². The number of nitrogens with zero attached hydrogens (tertiary/aromatic N) is 3. The average Bonchev–Trinajstić information content (AvgIpc) is 3.01. The number of nitrogens with two attached hydrogens (primary N) is 1. The number of aromatic amines is 1. The van der Waals surface area contributed by atoms with Crippen molar-refractivity contribution >= 4 is 16.9 Å². The molecule has 0 aromatic carbocycles. The van der Waals surface area contributed by atoms with E-state index in [4.69, 9.17) is 10.8 Å². The van der Waals surface area contributed by atoms with Gasteiger partial charge >= 0.3 is 0 Å². The molecule has 1 fully saturated rings. The highest BCUT2D eigenvalue weighted by Gasteiger charge is 2.30. The highest BCUT2D eigenvalue weighted by molar-refractivity contribution is 5.86. The maximum Gasteiger partial charge on any atom is 0.151 e. The number of aromatic nitrogens is 3. The van der Waals surface area contributed by atoms with E-state index < -0.39 is 6.10 Å². The summed E-state index contributed by atoms with van der Waals surface area (Å²) < 4.78 is 0. The number of nitrogen functional groups attached to an aromatic ring is 1. The molecule has 7 heteroatoms. The molecule has 2 aromatic rings. The third-order valence-electron chi connectivity index (χ3n) is 3.99. The first-order chi connectivity index (χ1) is 9.69. The van der Waals surface area contributed by atoms with E-state index in [-0.39, 0.29) is 12.5 Å². The van der Waals surface area contributed by atoms with Gasteiger partial charge in [0.25, 0.3) is 0 Å². The van der Waals surface area contributed by atoms with Crippen molar-refractivity contribution in [3.05, 3.63) is 18.1 Å². The number of β-amino-alcohol motifs (C(OH)–C–C–N with tert-alkyl or cyclic N) is 1. The SMILES string of the molecule is Nc1ncnc2c(CCN3C[C@H](CO)[C@@H](O)C3)c[nH]c12. The van der Waals surface area contributed by atoms with E-state index in [9.17, 15) is 5.11 Å². The minimum atomic E-state index is -0.430. The van der Waals surface area contributed by atoms with E-state index >= 15 is 0 Å². The minimum absolute atomic E-state index is 0.0315. The molecule has 1 aliphatic rings. The van der Waals surface area contributed by atoms with Gasteiger partial charge in [-0.1, -0.05) is 0 Å². The molecule has 20 heavy (non-hydrogen) atoms. The number of aliphatic hydroxyl groups excluding tert-OH is 2. The normalized spacial score (nSPS) is 23.7. The van der Waals surface area contributed by atoms with Crippen molar-refractivity contribution in [2.24, 2.45) is 5.92 Å². The van der Waals surface area contributed by atoms with Gasteiger partial charge in [0.15, 0.2) is 5.82 Å². The Bertz CT molecular complexity index is 599. The standard InChI is InChI=1S/C13H19N5O2/c14-13-12-11(16-7-17-13)8(3-15-12)1-2-18-4-9(6-19)10(20)5-18/h3,7,9-10,15,19-20H,1-2,4-6H2,(H2,14,16,17)/t9-,10+/m1/s1. The molecular formula is C13H19N5O2. The lowest BCUT2D eigenvalue weighted by Crippen LogP contribution is -2.24. The summed E-state index contributed by atoms with van der Waals surface area (Å²) in [6.45, 7) is 2.21. The predicted octanol–water partition coefficient (Wildman–Crippen LogP) is -0.632. The van der Waals surface area contributed by atoms with E-state index in [0.717, 1.165) is 36.1 Å². The predicted molar refractivity (Wildman–Crippen MR) is 75.0 cm³/mol. The molecule has 1 saturated heterocycles. The van der Waals surface area contributed by atoms with E-state index in [0.29, 0.717) is 12.4 Å². The van der Waals surface area contributed by atoms with Crippen LogP contribution in [0.5, 0.6) is 0 Å². The Kier molecular flexibility index (Phi) is 3.56. The van der Waals surface area contributed by atoms with Gasteiger partial charge in [-0.2, -0.15) is 0 Å². The van der Waals surface area contributed by atoms with Crippen molar-refractivity contribution in [1.82, 2.24) is 19.9 Å². The molecule has 3 heterocycles. The Morgan fingerprint density at radius 3 is 3.00 bits per heavy atom. The van der Waals surface area contributed by atoms with Crippen molar-refractivity contribution in [2.75, 3.05) is 32.0 Å². The molecule has 0 amide bonds. The van der Waals surface area contributed by atoms with Crippen LogP contribution in [0, 0.1) is 5.92 Å². The first kappa shape index (κ1) is 13.3. The number of aliphatic hydroxyl groups is 2. The second kappa shape index (κ2) is 5.35. The van der Waals surface area contributed by atoms with E-state index in [1.807, 2.05) is 6.20 Å². The molecule has 2 atom stereocenters. The summed E-state index contributed by atoms with van der Waals surface area (Å²) in [4.78, 5) is 13.5. The van der Waals surface area contributed by atoms with E-state index in [2.05, 4.69) is 19.9 Å². The van der Waals surface area contributed by atoms with Crippen LogP contribution < -0.4 is 5.73 Å². The summed E-state index contributed by atoms with van der Waals surface area (Å²) in [6, 6.07) is 0. The molecule has 0 spiro atoms. The second-order valence-corrected chi connectivity index (χ2v) is 5.32. The Morgan fingerprint density at radius 2 is 2.25 bits per heavy atom. The fraction of sp³-hybridized carbons (Fsp3) is 0.538. The van der Waals surface area contributed by atoms with Gasteiger partial charge in [0.2, 0.25) is 0 Å². The minimum Gasteiger partial charge on any atom is -0.396 e. The van der Waals surface area contributed by atoms with Gasteiger partial charge in [-0.15, -0.1) is 0 Å². The van der Waals surface area contributed by atoms with Crippen LogP contribution in [0.25, 0.3) is 11.0 Å². The molecule has 0 unspecified atom stereocenters. The van der Waals surface area contributed by atoms with Gasteiger partial charge in [-0.05, 0) is 12.0 Å². The summed E-state index contributed by atoms with van der Waals surface area (Å²) in [5.74, 6) is 0.425. The molecule has 1 aliphatic heterocycles. The Morgan fingerprint density at radius 1 is 1.40 bits per heavy atom. The summed E-state index contributed by atoms with van der Waals surface area (Å²) in [6.07, 6.45) is 3.77. The maximum atomic E-state index is 9.78. The molecule has 0 saturated carbocycles. The number of H-pyrrole nitrogens is 1. The first-order valence-electron chi connectivity index (χ1n) is 6.76. The van der Waals surface area contributed by atoms with E-state index in [1.54, 1.807) is 0 Å². The van der Waals surface area contributed by atoms with Crippen molar-refractivity contribution in [1.29, 1.82) is 0 Å². The maximum absolute atomic E-state index is 9.78. The van der Waals surface area contributed by atoms with Crippen LogP contribution in [-0.4, -0.2) is 62.4 Å². The molecular weight excluding hydrogens is 258 g/mol. The van der Waals surface area contributed by atoms with Gasteiger partial charge < -0.3 is 20.9 Å². The first-order valence-corrected chi connectivity index (χ1v) is 6.76. The van der Waals surface area contributed by atoms with Crippen LogP contribution in [0.1, 0.15) is 5.56 Å². The summed E-state index contributed by atoms with van der Waals surface area (Å²) in [7, 11) is 0. The lowest BCUT2D eigenvalue weighted by atomic mass is 10.1. The number of likely N-dealkylation sites (tertiary alicyclic amines) is 1. The van der Waals surface area contributed by atoms with Gasteiger partial charge in [0.05, 0.1) is 11.6 Å². The molecule has 0 bridgehead atoms. The topological polar surface area (TPSA) is 111 Å². The zero-order valence-electron chi connectivity index (χ0n) is 11.2. The molecule has 2 aromatic heterocycles. The Labute approximate surface area is 116 Å².